The van der Waals surface area contributed by atoms with Gasteiger partial charge in [0, 0.05) is 6.07 Å². The van der Waals surface area contributed by atoms with Crippen LogP contribution in [0, 0.1) is 5.82 Å². The maximum Gasteiger partial charge on any atom is 0.276 e. The number of pyridine rings is 1. The zero-order valence-electron chi connectivity index (χ0n) is 7.27. The molecule has 0 amide bonds. The number of ether oxygens (including phenoxy) is 1. The number of nitrogens with zero attached hydrogens (tertiary/aromatic N) is 3. The Morgan fingerprint density at radius 1 is 1.43 bits per heavy atom. The number of methoxy groups -OCH3 is 1. The first-order chi connectivity index (χ1) is 6.81. The fourth-order valence-corrected chi connectivity index (χ4v) is 0.971. The molecule has 2 heterocycles. The summed E-state index contributed by atoms with van der Waals surface area (Å²) in [6.07, 6.45) is 2.48. The molecule has 0 radical (unpaired) electrons. The van der Waals surface area contributed by atoms with Gasteiger partial charge in [-0.3, -0.25) is 0 Å². The summed E-state index contributed by atoms with van der Waals surface area (Å²) in [5, 5.41) is 3.39. The fourth-order valence-electron chi connectivity index (χ4n) is 0.971. The first-order valence-corrected chi connectivity index (χ1v) is 3.78. The molecule has 0 aromatic carbocycles. The Morgan fingerprint density at radius 3 is 2.86 bits per heavy atom. The highest BCUT2D eigenvalue weighted by atomic mass is 19.1. The first-order valence-electron chi connectivity index (χ1n) is 3.78. The molecule has 0 spiro atoms. The first kappa shape index (κ1) is 8.61. The topological polar surface area (TPSA) is 61.0 Å². The Morgan fingerprint density at radius 2 is 2.29 bits per heavy atom. The average molecular weight is 195 g/mol. The molecule has 0 N–H and O–H groups in total. The lowest BCUT2D eigenvalue weighted by Crippen LogP contribution is -1.91. The van der Waals surface area contributed by atoms with Crippen LogP contribution in [0.2, 0.25) is 0 Å². The summed E-state index contributed by atoms with van der Waals surface area (Å²) in [6, 6.07) is 1.17. The third-order valence-electron chi connectivity index (χ3n) is 1.62. The minimum Gasteiger partial charge on any atom is -0.492 e. The molecule has 72 valence electrons. The Hall–Kier alpha value is -1.98. The zero-order chi connectivity index (χ0) is 9.97. The minimum absolute atomic E-state index is 0.0771. The van der Waals surface area contributed by atoms with E-state index in [9.17, 15) is 4.39 Å². The summed E-state index contributed by atoms with van der Waals surface area (Å²) in [5.41, 5.74) is 0.279. The van der Waals surface area contributed by atoms with Crippen LogP contribution < -0.4 is 4.74 Å². The largest absolute Gasteiger partial charge is 0.492 e. The van der Waals surface area contributed by atoms with Gasteiger partial charge in [0.05, 0.1) is 13.3 Å². The van der Waals surface area contributed by atoms with E-state index in [1.807, 2.05) is 0 Å². The molecule has 0 unspecified atom stereocenters. The lowest BCUT2D eigenvalue weighted by Gasteiger charge is -2.00. The van der Waals surface area contributed by atoms with Crippen LogP contribution in [0.4, 0.5) is 4.39 Å². The maximum absolute atomic E-state index is 13.2. The number of hydrogen-bond donors (Lipinski definition) is 0. The van der Waals surface area contributed by atoms with Crippen LogP contribution >= 0.6 is 0 Å². The van der Waals surface area contributed by atoms with Crippen LogP contribution in [0.5, 0.6) is 5.75 Å². The van der Waals surface area contributed by atoms with Crippen LogP contribution in [-0.4, -0.2) is 22.2 Å². The van der Waals surface area contributed by atoms with Crippen LogP contribution in [0.15, 0.2) is 23.1 Å². The number of halogens is 1. The van der Waals surface area contributed by atoms with Gasteiger partial charge in [0.1, 0.15) is 5.69 Å². The van der Waals surface area contributed by atoms with E-state index in [-0.39, 0.29) is 17.3 Å². The molecular weight excluding hydrogens is 189 g/mol. The minimum atomic E-state index is -0.518. The molecule has 14 heavy (non-hydrogen) atoms. The van der Waals surface area contributed by atoms with E-state index in [0.717, 1.165) is 0 Å². The monoisotopic (exact) mass is 195 g/mol. The summed E-state index contributed by atoms with van der Waals surface area (Å²) < 4.78 is 22.6. The van der Waals surface area contributed by atoms with E-state index in [1.165, 1.54) is 25.7 Å². The van der Waals surface area contributed by atoms with E-state index < -0.39 is 5.82 Å². The van der Waals surface area contributed by atoms with Gasteiger partial charge in [0.2, 0.25) is 0 Å². The summed E-state index contributed by atoms with van der Waals surface area (Å²) in [6.45, 7) is 0. The smallest absolute Gasteiger partial charge is 0.276 e. The standard InChI is InChI=1S/C8H6FN3O2/c1-13-7-3-10-6(2-5(7)9)8-11-4-12-14-8/h2-4H,1H3. The zero-order valence-corrected chi connectivity index (χ0v) is 7.27. The average Bonchev–Trinajstić information content (AvgIpc) is 2.70. The predicted molar refractivity (Wildman–Crippen MR) is 44.0 cm³/mol. The van der Waals surface area contributed by atoms with E-state index >= 15 is 0 Å². The lowest BCUT2D eigenvalue weighted by molar-refractivity contribution is 0.383. The lowest BCUT2D eigenvalue weighted by atomic mass is 10.3. The highest BCUT2D eigenvalue weighted by Gasteiger charge is 2.09. The van der Waals surface area contributed by atoms with Crippen molar-refractivity contribution in [1.29, 1.82) is 0 Å². The maximum atomic E-state index is 13.2. The van der Waals surface area contributed by atoms with Crippen LogP contribution in [0.3, 0.4) is 0 Å². The van der Waals surface area contributed by atoms with Gasteiger partial charge in [-0.25, -0.2) is 9.37 Å². The van der Waals surface area contributed by atoms with Crippen molar-refractivity contribution in [3.63, 3.8) is 0 Å². The predicted octanol–water partition coefficient (Wildman–Crippen LogP) is 1.28. The summed E-state index contributed by atoms with van der Waals surface area (Å²) in [4.78, 5) is 7.63. The van der Waals surface area contributed by atoms with Crippen molar-refractivity contribution >= 4 is 0 Å². The van der Waals surface area contributed by atoms with Crippen molar-refractivity contribution in [1.82, 2.24) is 15.1 Å². The molecule has 0 saturated carbocycles. The second-order valence-corrected chi connectivity index (χ2v) is 2.45. The molecule has 2 aromatic rings. The Labute approximate surface area is 78.5 Å². The van der Waals surface area contributed by atoms with Gasteiger partial charge in [0.25, 0.3) is 5.89 Å². The van der Waals surface area contributed by atoms with Crippen molar-refractivity contribution in [2.45, 2.75) is 0 Å². The van der Waals surface area contributed by atoms with Crippen LogP contribution in [-0.2, 0) is 0 Å². The van der Waals surface area contributed by atoms with Crippen molar-refractivity contribution in [3.8, 4) is 17.3 Å². The number of aromatic nitrogens is 3. The second kappa shape index (κ2) is 3.41. The van der Waals surface area contributed by atoms with Crippen molar-refractivity contribution in [2.75, 3.05) is 7.11 Å². The van der Waals surface area contributed by atoms with Gasteiger partial charge in [-0.1, -0.05) is 5.16 Å². The highest BCUT2D eigenvalue weighted by Crippen LogP contribution is 2.20. The summed E-state index contributed by atoms with van der Waals surface area (Å²) >= 11 is 0. The molecule has 5 nitrogen and oxygen atoms in total. The van der Waals surface area contributed by atoms with Gasteiger partial charge < -0.3 is 9.26 Å². The van der Waals surface area contributed by atoms with E-state index in [2.05, 4.69) is 15.1 Å². The van der Waals surface area contributed by atoms with Gasteiger partial charge in [-0.05, 0) is 0 Å². The molecular formula is C8H6FN3O2. The quantitative estimate of drug-likeness (QED) is 0.722. The Kier molecular flexibility index (Phi) is 2.10. The molecule has 2 rings (SSSR count). The normalized spacial score (nSPS) is 10.1. The van der Waals surface area contributed by atoms with Gasteiger partial charge in [-0.2, -0.15) is 4.98 Å². The van der Waals surface area contributed by atoms with Crippen LogP contribution in [0.1, 0.15) is 0 Å². The molecule has 6 heteroatoms. The summed E-state index contributed by atoms with van der Waals surface area (Å²) in [7, 11) is 1.37. The molecule has 0 saturated heterocycles. The molecule has 0 atom stereocenters. The molecule has 0 fully saturated rings. The van der Waals surface area contributed by atoms with Crippen molar-refractivity contribution in [3.05, 3.63) is 24.4 Å². The van der Waals surface area contributed by atoms with Gasteiger partial charge >= 0.3 is 0 Å². The van der Waals surface area contributed by atoms with Gasteiger partial charge in [0.15, 0.2) is 17.9 Å². The SMILES string of the molecule is COc1cnc(-c2ncno2)cc1F. The second-order valence-electron chi connectivity index (χ2n) is 2.45. The van der Waals surface area contributed by atoms with Gasteiger partial charge in [-0.15, -0.1) is 0 Å². The molecule has 0 aliphatic carbocycles. The van der Waals surface area contributed by atoms with Crippen molar-refractivity contribution < 1.29 is 13.7 Å². The Balaban J connectivity index is 2.43. The third kappa shape index (κ3) is 1.41. The molecule has 0 aliphatic rings. The third-order valence-corrected chi connectivity index (χ3v) is 1.62. The van der Waals surface area contributed by atoms with Crippen molar-refractivity contribution in [2.24, 2.45) is 0 Å². The Bertz CT molecular complexity index is 430. The molecule has 0 bridgehead atoms. The van der Waals surface area contributed by atoms with E-state index in [1.54, 1.807) is 0 Å². The summed E-state index contributed by atoms with van der Waals surface area (Å²) in [5.74, 6) is -0.268. The number of hydrogen-bond acceptors (Lipinski definition) is 5. The van der Waals surface area contributed by atoms with E-state index in [4.69, 9.17) is 9.26 Å². The fraction of sp³-hybridized carbons (Fsp3) is 0.125. The molecule has 0 aliphatic heterocycles. The van der Waals surface area contributed by atoms with Crippen LogP contribution in [0.25, 0.3) is 11.6 Å². The molecule has 2 aromatic heterocycles. The highest BCUT2D eigenvalue weighted by molar-refractivity contribution is 5.47. The number of rotatable bonds is 2. The van der Waals surface area contributed by atoms with E-state index in [0.29, 0.717) is 0 Å².